The van der Waals surface area contributed by atoms with E-state index in [4.69, 9.17) is 5.73 Å². The molecule has 0 radical (unpaired) electrons. The van der Waals surface area contributed by atoms with Crippen molar-refractivity contribution in [2.75, 3.05) is 0 Å². The topological polar surface area (TPSA) is 43.8 Å². The number of nitrogens with two attached hydrogens (primary N) is 1. The average Bonchev–Trinajstić information content (AvgIpc) is 2.69. The predicted molar refractivity (Wildman–Crippen MR) is 86.9 cm³/mol. The molecule has 3 nitrogen and oxygen atoms in total. The molecule has 4 heteroatoms. The minimum atomic E-state index is 0.107. The van der Waals surface area contributed by atoms with E-state index in [1.165, 1.54) is 16.8 Å². The second-order valence-electron chi connectivity index (χ2n) is 5.32. The van der Waals surface area contributed by atoms with Crippen LogP contribution in [0, 0.1) is 13.8 Å². The number of rotatable bonds is 5. The van der Waals surface area contributed by atoms with Crippen molar-refractivity contribution in [1.82, 2.24) is 9.78 Å². The van der Waals surface area contributed by atoms with Gasteiger partial charge in [-0.25, -0.2) is 0 Å². The van der Waals surface area contributed by atoms with Crippen LogP contribution >= 0.6 is 15.9 Å². The van der Waals surface area contributed by atoms with E-state index in [1.807, 2.05) is 11.6 Å². The number of benzene rings is 1. The van der Waals surface area contributed by atoms with Gasteiger partial charge in [-0.3, -0.25) is 4.68 Å². The molecule has 1 unspecified atom stereocenters. The largest absolute Gasteiger partial charge is 0.327 e. The van der Waals surface area contributed by atoms with E-state index in [0.717, 1.165) is 29.6 Å². The van der Waals surface area contributed by atoms with Gasteiger partial charge in [0.1, 0.15) is 0 Å². The van der Waals surface area contributed by atoms with Crippen molar-refractivity contribution < 1.29 is 0 Å². The van der Waals surface area contributed by atoms with Crippen molar-refractivity contribution >= 4 is 15.9 Å². The summed E-state index contributed by atoms with van der Waals surface area (Å²) in [5, 5.41) is 4.51. The first kappa shape index (κ1) is 15.3. The molecule has 0 aliphatic carbocycles. The first-order chi connectivity index (χ1) is 9.51. The molecule has 0 spiro atoms. The Morgan fingerprint density at radius 3 is 2.45 bits per heavy atom. The fraction of sp³-hybridized carbons (Fsp3) is 0.438. The SMILES string of the molecule is CCn1nc(C)c(Br)c1CC(N)Cc1ccc(C)cc1. The van der Waals surface area contributed by atoms with Crippen LogP contribution in [0.25, 0.3) is 0 Å². The zero-order valence-corrected chi connectivity index (χ0v) is 13.9. The van der Waals surface area contributed by atoms with Gasteiger partial charge >= 0.3 is 0 Å². The van der Waals surface area contributed by atoms with Gasteiger partial charge in [0.2, 0.25) is 0 Å². The molecule has 1 aromatic heterocycles. The van der Waals surface area contributed by atoms with Crippen LogP contribution in [-0.4, -0.2) is 15.8 Å². The lowest BCUT2D eigenvalue weighted by molar-refractivity contribution is 0.573. The van der Waals surface area contributed by atoms with Gasteiger partial charge in [0.25, 0.3) is 0 Å². The second kappa shape index (κ2) is 6.55. The van der Waals surface area contributed by atoms with E-state index in [2.05, 4.69) is 59.1 Å². The normalized spacial score (nSPS) is 12.7. The van der Waals surface area contributed by atoms with Gasteiger partial charge in [-0.15, -0.1) is 0 Å². The Kier molecular flexibility index (Phi) is 5.00. The first-order valence-corrected chi connectivity index (χ1v) is 7.83. The summed E-state index contributed by atoms with van der Waals surface area (Å²) in [6, 6.07) is 8.70. The van der Waals surface area contributed by atoms with Crippen LogP contribution in [0.1, 0.15) is 29.4 Å². The van der Waals surface area contributed by atoms with Crippen LogP contribution < -0.4 is 5.73 Å². The highest BCUT2D eigenvalue weighted by Crippen LogP contribution is 2.22. The molecule has 0 aliphatic heterocycles. The maximum absolute atomic E-state index is 6.32. The van der Waals surface area contributed by atoms with Crippen molar-refractivity contribution in [3.63, 3.8) is 0 Å². The molecule has 20 heavy (non-hydrogen) atoms. The fourth-order valence-electron chi connectivity index (χ4n) is 2.41. The summed E-state index contributed by atoms with van der Waals surface area (Å²) in [7, 11) is 0. The summed E-state index contributed by atoms with van der Waals surface area (Å²) >= 11 is 3.63. The lowest BCUT2D eigenvalue weighted by Gasteiger charge is -2.13. The standard InChI is InChI=1S/C16H22BrN3/c1-4-20-15(16(17)12(3)19-20)10-14(18)9-13-7-5-11(2)6-8-13/h5-8,14H,4,9-10,18H2,1-3H3. The van der Waals surface area contributed by atoms with Crippen LogP contribution in [0.5, 0.6) is 0 Å². The highest BCUT2D eigenvalue weighted by Gasteiger charge is 2.15. The van der Waals surface area contributed by atoms with E-state index in [-0.39, 0.29) is 6.04 Å². The van der Waals surface area contributed by atoms with E-state index < -0.39 is 0 Å². The van der Waals surface area contributed by atoms with Gasteiger partial charge in [-0.2, -0.15) is 5.10 Å². The number of halogens is 1. The van der Waals surface area contributed by atoms with Gasteiger partial charge in [-0.1, -0.05) is 29.8 Å². The maximum Gasteiger partial charge on any atom is 0.0738 e. The van der Waals surface area contributed by atoms with Crippen molar-refractivity contribution in [1.29, 1.82) is 0 Å². The maximum atomic E-state index is 6.32. The van der Waals surface area contributed by atoms with Gasteiger partial charge in [0.05, 0.1) is 15.9 Å². The molecule has 1 atom stereocenters. The van der Waals surface area contributed by atoms with Crippen LogP contribution in [0.4, 0.5) is 0 Å². The third kappa shape index (κ3) is 3.49. The first-order valence-electron chi connectivity index (χ1n) is 7.04. The number of hydrogen-bond donors (Lipinski definition) is 1. The lowest BCUT2D eigenvalue weighted by Crippen LogP contribution is -2.27. The molecule has 0 saturated heterocycles. The minimum absolute atomic E-state index is 0.107. The summed E-state index contributed by atoms with van der Waals surface area (Å²) < 4.78 is 3.13. The molecular weight excluding hydrogens is 314 g/mol. The summed E-state index contributed by atoms with van der Waals surface area (Å²) in [5.41, 5.74) is 11.1. The van der Waals surface area contributed by atoms with Crippen molar-refractivity contribution in [3.8, 4) is 0 Å². The van der Waals surface area contributed by atoms with Gasteiger partial charge in [0, 0.05) is 19.0 Å². The van der Waals surface area contributed by atoms with E-state index in [9.17, 15) is 0 Å². The molecular formula is C16H22BrN3. The van der Waals surface area contributed by atoms with Gasteiger partial charge < -0.3 is 5.73 Å². The van der Waals surface area contributed by atoms with Gasteiger partial charge in [0.15, 0.2) is 0 Å². The third-order valence-electron chi connectivity index (χ3n) is 3.53. The van der Waals surface area contributed by atoms with Crippen molar-refractivity contribution in [2.45, 2.75) is 46.2 Å². The Morgan fingerprint density at radius 1 is 1.20 bits per heavy atom. The number of aryl methyl sites for hydroxylation is 3. The quantitative estimate of drug-likeness (QED) is 0.909. The highest BCUT2D eigenvalue weighted by atomic mass is 79.9. The molecule has 0 bridgehead atoms. The molecule has 0 fully saturated rings. The molecule has 108 valence electrons. The zero-order valence-electron chi connectivity index (χ0n) is 12.4. The van der Waals surface area contributed by atoms with Crippen LogP contribution in [0.15, 0.2) is 28.7 Å². The molecule has 0 saturated carbocycles. The smallest absolute Gasteiger partial charge is 0.0738 e. The minimum Gasteiger partial charge on any atom is -0.327 e. The number of hydrogen-bond acceptors (Lipinski definition) is 2. The average molecular weight is 336 g/mol. The van der Waals surface area contributed by atoms with Crippen LogP contribution in [0.3, 0.4) is 0 Å². The molecule has 0 amide bonds. The number of aromatic nitrogens is 2. The Bertz CT molecular complexity index is 572. The van der Waals surface area contributed by atoms with E-state index in [1.54, 1.807) is 0 Å². The number of nitrogens with zero attached hydrogens (tertiary/aromatic N) is 2. The Hall–Kier alpha value is -1.13. The zero-order chi connectivity index (χ0) is 14.7. The van der Waals surface area contributed by atoms with E-state index >= 15 is 0 Å². The second-order valence-corrected chi connectivity index (χ2v) is 6.11. The Balaban J connectivity index is 2.08. The van der Waals surface area contributed by atoms with Crippen LogP contribution in [0.2, 0.25) is 0 Å². The van der Waals surface area contributed by atoms with Crippen molar-refractivity contribution in [2.24, 2.45) is 5.73 Å². The molecule has 1 aromatic carbocycles. The molecule has 2 N–H and O–H groups in total. The molecule has 0 aliphatic rings. The Labute approximate surface area is 129 Å². The lowest BCUT2D eigenvalue weighted by atomic mass is 10.0. The van der Waals surface area contributed by atoms with E-state index in [0.29, 0.717) is 0 Å². The summed E-state index contributed by atoms with van der Waals surface area (Å²) in [6.07, 6.45) is 1.73. The molecule has 2 rings (SSSR count). The third-order valence-corrected chi connectivity index (χ3v) is 4.56. The molecule has 2 aromatic rings. The Morgan fingerprint density at radius 2 is 1.85 bits per heavy atom. The highest BCUT2D eigenvalue weighted by molar-refractivity contribution is 9.10. The van der Waals surface area contributed by atoms with Crippen LogP contribution in [-0.2, 0) is 19.4 Å². The van der Waals surface area contributed by atoms with Crippen molar-refractivity contribution in [3.05, 3.63) is 51.3 Å². The monoisotopic (exact) mass is 335 g/mol. The predicted octanol–water partition coefficient (Wildman–Crippen LogP) is 3.39. The van der Waals surface area contributed by atoms with Gasteiger partial charge in [-0.05, 0) is 48.7 Å². The summed E-state index contributed by atoms with van der Waals surface area (Å²) in [5.74, 6) is 0. The fourth-order valence-corrected chi connectivity index (χ4v) is 2.86. The summed E-state index contributed by atoms with van der Waals surface area (Å²) in [6.45, 7) is 7.10. The summed E-state index contributed by atoms with van der Waals surface area (Å²) in [4.78, 5) is 0. The molecule has 1 heterocycles.